The van der Waals surface area contributed by atoms with E-state index in [1.165, 1.54) is 12.5 Å². The molecule has 0 saturated carbocycles. The van der Waals surface area contributed by atoms with Crippen LogP contribution in [0.2, 0.25) is 0 Å². The monoisotopic (exact) mass is 239 g/mol. The van der Waals surface area contributed by atoms with E-state index in [0.717, 1.165) is 38.1 Å². The van der Waals surface area contributed by atoms with E-state index >= 15 is 0 Å². The summed E-state index contributed by atoms with van der Waals surface area (Å²) >= 11 is 0. The van der Waals surface area contributed by atoms with Crippen LogP contribution in [0.5, 0.6) is 0 Å². The van der Waals surface area contributed by atoms with Crippen LogP contribution < -0.4 is 5.32 Å². The van der Waals surface area contributed by atoms with Crippen LogP contribution >= 0.6 is 0 Å². The molecule has 0 aromatic heterocycles. The van der Waals surface area contributed by atoms with E-state index in [1.54, 1.807) is 14.0 Å². The van der Waals surface area contributed by atoms with Crippen LogP contribution in [0.1, 0.15) is 30.4 Å². The zero-order valence-electron chi connectivity index (χ0n) is 10.8. The maximum atomic E-state index is 13.0. The first-order valence-electron chi connectivity index (χ1n) is 6.18. The lowest BCUT2D eigenvalue weighted by atomic mass is 10.1. The lowest BCUT2D eigenvalue weighted by Crippen LogP contribution is -2.14. The van der Waals surface area contributed by atoms with Gasteiger partial charge in [0.2, 0.25) is 0 Å². The van der Waals surface area contributed by atoms with Crippen molar-refractivity contribution in [3.8, 4) is 0 Å². The van der Waals surface area contributed by atoms with Gasteiger partial charge in [0, 0.05) is 20.3 Å². The van der Waals surface area contributed by atoms with Gasteiger partial charge < -0.3 is 10.1 Å². The summed E-state index contributed by atoms with van der Waals surface area (Å²) in [6.07, 6.45) is 3.46. The average molecular weight is 239 g/mol. The molecule has 2 nitrogen and oxygen atoms in total. The predicted molar refractivity (Wildman–Crippen MR) is 68.6 cm³/mol. The summed E-state index contributed by atoms with van der Waals surface area (Å²) < 4.78 is 18.0. The Morgan fingerprint density at radius 1 is 1.24 bits per heavy atom. The summed E-state index contributed by atoms with van der Waals surface area (Å²) in [5, 5.41) is 3.36. The van der Waals surface area contributed by atoms with Crippen LogP contribution in [0.15, 0.2) is 18.2 Å². The van der Waals surface area contributed by atoms with Crippen molar-refractivity contribution in [1.29, 1.82) is 0 Å². The van der Waals surface area contributed by atoms with Crippen LogP contribution in [0, 0.1) is 12.7 Å². The van der Waals surface area contributed by atoms with Gasteiger partial charge in [0.05, 0.1) is 0 Å². The van der Waals surface area contributed by atoms with Gasteiger partial charge in [0.1, 0.15) is 5.82 Å². The molecule has 17 heavy (non-hydrogen) atoms. The number of aryl methyl sites for hydroxylation is 1. The minimum atomic E-state index is -0.131. The third-order valence-electron chi connectivity index (χ3n) is 2.75. The second-order valence-electron chi connectivity index (χ2n) is 4.31. The molecule has 0 saturated heterocycles. The van der Waals surface area contributed by atoms with Crippen LogP contribution in [0.4, 0.5) is 4.39 Å². The van der Waals surface area contributed by atoms with Crippen molar-refractivity contribution in [1.82, 2.24) is 5.32 Å². The molecular formula is C14H22FNO. The van der Waals surface area contributed by atoms with Gasteiger partial charge in [-0.2, -0.15) is 0 Å². The third-order valence-corrected chi connectivity index (χ3v) is 2.75. The van der Waals surface area contributed by atoms with Crippen LogP contribution in [-0.2, 0) is 11.3 Å². The van der Waals surface area contributed by atoms with Crippen molar-refractivity contribution in [3.63, 3.8) is 0 Å². The zero-order valence-corrected chi connectivity index (χ0v) is 10.8. The summed E-state index contributed by atoms with van der Waals surface area (Å²) in [6.45, 7) is 4.45. The van der Waals surface area contributed by atoms with Crippen molar-refractivity contribution in [2.24, 2.45) is 0 Å². The van der Waals surface area contributed by atoms with E-state index in [-0.39, 0.29) is 5.82 Å². The first-order valence-corrected chi connectivity index (χ1v) is 6.18. The Bertz CT molecular complexity index is 328. The number of ether oxygens (including phenoxy) is 1. The Morgan fingerprint density at radius 3 is 2.76 bits per heavy atom. The summed E-state index contributed by atoms with van der Waals surface area (Å²) in [4.78, 5) is 0. The van der Waals surface area contributed by atoms with Gasteiger partial charge in [-0.05, 0) is 49.9 Å². The zero-order chi connectivity index (χ0) is 12.5. The molecule has 1 rings (SSSR count). The van der Waals surface area contributed by atoms with Crippen LogP contribution in [0.3, 0.4) is 0 Å². The highest BCUT2D eigenvalue weighted by Gasteiger charge is 1.98. The topological polar surface area (TPSA) is 21.3 Å². The fraction of sp³-hybridized carbons (Fsp3) is 0.571. The van der Waals surface area contributed by atoms with Gasteiger partial charge >= 0.3 is 0 Å². The van der Waals surface area contributed by atoms with Crippen molar-refractivity contribution in [3.05, 3.63) is 35.1 Å². The molecule has 0 amide bonds. The molecule has 0 fully saturated rings. The summed E-state index contributed by atoms with van der Waals surface area (Å²) in [5.41, 5.74) is 1.85. The lowest BCUT2D eigenvalue weighted by Gasteiger charge is -2.06. The minimum absolute atomic E-state index is 0.131. The first-order chi connectivity index (χ1) is 8.24. The third kappa shape index (κ3) is 5.80. The standard InChI is InChI=1S/C14H22FNO/c1-12-10-13(6-7-14(12)15)11-16-8-4-3-5-9-17-2/h6-7,10,16H,3-5,8-9,11H2,1-2H3. The van der Waals surface area contributed by atoms with Crippen LogP contribution in [0.25, 0.3) is 0 Å². The molecule has 0 aliphatic rings. The lowest BCUT2D eigenvalue weighted by molar-refractivity contribution is 0.192. The fourth-order valence-electron chi connectivity index (χ4n) is 1.72. The molecule has 0 atom stereocenters. The molecule has 0 radical (unpaired) electrons. The molecule has 1 aromatic carbocycles. The number of methoxy groups -OCH3 is 1. The second-order valence-corrected chi connectivity index (χ2v) is 4.31. The number of hydrogen-bond acceptors (Lipinski definition) is 2. The van der Waals surface area contributed by atoms with Gasteiger partial charge in [-0.25, -0.2) is 4.39 Å². The number of halogens is 1. The van der Waals surface area contributed by atoms with Crippen molar-refractivity contribution >= 4 is 0 Å². The number of rotatable bonds is 8. The van der Waals surface area contributed by atoms with Crippen molar-refractivity contribution in [2.45, 2.75) is 32.7 Å². The summed E-state index contributed by atoms with van der Waals surface area (Å²) in [7, 11) is 1.73. The Balaban J connectivity index is 2.11. The van der Waals surface area contributed by atoms with Crippen molar-refractivity contribution in [2.75, 3.05) is 20.3 Å². The number of unbranched alkanes of at least 4 members (excludes halogenated alkanes) is 2. The van der Waals surface area contributed by atoms with Crippen LogP contribution in [-0.4, -0.2) is 20.3 Å². The Morgan fingerprint density at radius 2 is 2.06 bits per heavy atom. The quantitative estimate of drug-likeness (QED) is 0.704. The maximum absolute atomic E-state index is 13.0. The molecule has 0 spiro atoms. The second kappa shape index (κ2) is 8.20. The van der Waals surface area contributed by atoms with Gasteiger partial charge in [0.25, 0.3) is 0 Å². The summed E-state index contributed by atoms with van der Waals surface area (Å²) in [5.74, 6) is -0.131. The van der Waals surface area contributed by atoms with E-state index in [2.05, 4.69) is 5.32 Å². The van der Waals surface area contributed by atoms with Gasteiger partial charge in [-0.3, -0.25) is 0 Å². The normalized spacial score (nSPS) is 10.8. The molecular weight excluding hydrogens is 217 g/mol. The maximum Gasteiger partial charge on any atom is 0.126 e. The highest BCUT2D eigenvalue weighted by molar-refractivity contribution is 5.23. The Hall–Kier alpha value is -0.930. The minimum Gasteiger partial charge on any atom is -0.385 e. The molecule has 0 aliphatic carbocycles. The predicted octanol–water partition coefficient (Wildman–Crippen LogP) is 3.04. The van der Waals surface area contributed by atoms with Gasteiger partial charge in [0.15, 0.2) is 0 Å². The van der Waals surface area contributed by atoms with E-state index in [1.807, 2.05) is 12.1 Å². The summed E-state index contributed by atoms with van der Waals surface area (Å²) in [6, 6.07) is 5.26. The van der Waals surface area contributed by atoms with E-state index in [0.29, 0.717) is 5.56 Å². The molecule has 1 N–H and O–H groups in total. The Labute approximate surface area is 103 Å². The molecule has 3 heteroatoms. The number of benzene rings is 1. The Kier molecular flexibility index (Phi) is 6.82. The van der Waals surface area contributed by atoms with E-state index in [4.69, 9.17) is 4.74 Å². The number of nitrogens with one attached hydrogen (secondary N) is 1. The van der Waals surface area contributed by atoms with E-state index in [9.17, 15) is 4.39 Å². The van der Waals surface area contributed by atoms with Gasteiger partial charge in [-0.1, -0.05) is 12.1 Å². The van der Waals surface area contributed by atoms with Gasteiger partial charge in [-0.15, -0.1) is 0 Å². The molecule has 0 unspecified atom stereocenters. The molecule has 96 valence electrons. The largest absolute Gasteiger partial charge is 0.385 e. The molecule has 1 aromatic rings. The van der Waals surface area contributed by atoms with Crippen molar-refractivity contribution < 1.29 is 9.13 Å². The average Bonchev–Trinajstić information content (AvgIpc) is 2.32. The highest BCUT2D eigenvalue weighted by Crippen LogP contribution is 2.08. The fourth-order valence-corrected chi connectivity index (χ4v) is 1.72. The first kappa shape index (κ1) is 14.1. The number of hydrogen-bond donors (Lipinski definition) is 1. The smallest absolute Gasteiger partial charge is 0.126 e. The molecule has 0 bridgehead atoms. The highest BCUT2D eigenvalue weighted by atomic mass is 19.1. The molecule has 0 aliphatic heterocycles. The molecule has 0 heterocycles. The SMILES string of the molecule is COCCCCCNCc1ccc(F)c(C)c1. The van der Waals surface area contributed by atoms with E-state index < -0.39 is 0 Å².